The number of aliphatic hydroxyl groups excluding tert-OH is 1. The van der Waals surface area contributed by atoms with Crippen molar-refractivity contribution >= 4 is 17.9 Å². The third-order valence-electron chi connectivity index (χ3n) is 5.33. The van der Waals surface area contributed by atoms with Crippen LogP contribution in [-0.2, 0) is 19.1 Å². The van der Waals surface area contributed by atoms with E-state index in [1.165, 1.54) is 13.0 Å². The van der Waals surface area contributed by atoms with Crippen molar-refractivity contribution in [1.82, 2.24) is 0 Å². The van der Waals surface area contributed by atoms with Crippen LogP contribution in [0.1, 0.15) is 53.4 Å². The molecule has 5 N–H and O–H groups in total. The molecule has 160 valence electrons. The molecule has 0 aromatic carbocycles. The topological polar surface area (TPSA) is 162 Å². The SMILES string of the molecule is C[C@@H]1C[C@H](OC(=O)C[C@](C)(O)CC(=O)O)CC(C)(C)[C@]1(O)/C=C/[C@H](O)C(=O)O. The molecule has 0 unspecified atom stereocenters. The van der Waals surface area contributed by atoms with Gasteiger partial charge in [-0.2, -0.15) is 0 Å². The Hall–Kier alpha value is -1.97. The van der Waals surface area contributed by atoms with Gasteiger partial charge in [0.05, 0.1) is 24.0 Å². The van der Waals surface area contributed by atoms with Gasteiger partial charge in [0.25, 0.3) is 0 Å². The first-order chi connectivity index (χ1) is 12.6. The average Bonchev–Trinajstić information content (AvgIpc) is 2.47. The highest BCUT2D eigenvalue weighted by Gasteiger charge is 2.52. The van der Waals surface area contributed by atoms with Gasteiger partial charge in [0.15, 0.2) is 6.10 Å². The zero-order valence-electron chi connectivity index (χ0n) is 16.6. The van der Waals surface area contributed by atoms with E-state index in [4.69, 9.17) is 14.9 Å². The van der Waals surface area contributed by atoms with Crippen molar-refractivity contribution < 1.29 is 44.7 Å². The Morgan fingerprint density at radius 1 is 1.25 bits per heavy atom. The van der Waals surface area contributed by atoms with Crippen molar-refractivity contribution in [3.05, 3.63) is 12.2 Å². The summed E-state index contributed by atoms with van der Waals surface area (Å²) in [4.78, 5) is 33.6. The normalized spacial score (nSPS) is 30.4. The monoisotopic (exact) mass is 402 g/mol. The molecule has 9 heteroatoms. The quantitative estimate of drug-likeness (QED) is 0.291. The molecule has 0 radical (unpaired) electrons. The zero-order chi connectivity index (χ0) is 21.9. The lowest BCUT2D eigenvalue weighted by molar-refractivity contribution is -0.172. The summed E-state index contributed by atoms with van der Waals surface area (Å²) in [5.41, 5.74) is -3.97. The van der Waals surface area contributed by atoms with Gasteiger partial charge in [-0.1, -0.05) is 26.8 Å². The molecule has 5 atom stereocenters. The van der Waals surface area contributed by atoms with Crippen LogP contribution >= 0.6 is 0 Å². The maximum atomic E-state index is 12.1. The summed E-state index contributed by atoms with van der Waals surface area (Å²) in [7, 11) is 0. The van der Waals surface area contributed by atoms with E-state index >= 15 is 0 Å². The minimum absolute atomic E-state index is 0.258. The average molecular weight is 402 g/mol. The fourth-order valence-electron chi connectivity index (χ4n) is 3.78. The lowest BCUT2D eigenvalue weighted by Crippen LogP contribution is -2.55. The van der Waals surface area contributed by atoms with E-state index in [0.29, 0.717) is 0 Å². The van der Waals surface area contributed by atoms with Gasteiger partial charge < -0.3 is 30.3 Å². The third-order valence-corrected chi connectivity index (χ3v) is 5.33. The number of rotatable bonds is 8. The summed E-state index contributed by atoms with van der Waals surface area (Å²) >= 11 is 0. The molecule has 0 aliphatic heterocycles. The van der Waals surface area contributed by atoms with Crippen molar-refractivity contribution in [2.75, 3.05) is 0 Å². The van der Waals surface area contributed by atoms with Crippen LogP contribution in [0.2, 0.25) is 0 Å². The van der Waals surface area contributed by atoms with Gasteiger partial charge in [0.1, 0.15) is 6.10 Å². The number of hydrogen-bond acceptors (Lipinski definition) is 7. The smallest absolute Gasteiger partial charge is 0.336 e. The Kier molecular flexibility index (Phi) is 7.38. The molecule has 0 aromatic rings. The predicted molar refractivity (Wildman–Crippen MR) is 97.3 cm³/mol. The van der Waals surface area contributed by atoms with Gasteiger partial charge in [0.2, 0.25) is 0 Å². The fraction of sp³-hybridized carbons (Fsp3) is 0.737. The van der Waals surface area contributed by atoms with Crippen LogP contribution in [0, 0.1) is 11.3 Å². The third kappa shape index (κ3) is 6.02. The highest BCUT2D eigenvalue weighted by Crippen LogP contribution is 2.49. The second kappa shape index (κ2) is 8.59. The van der Waals surface area contributed by atoms with Gasteiger partial charge in [-0.05, 0) is 31.8 Å². The summed E-state index contributed by atoms with van der Waals surface area (Å²) < 4.78 is 5.40. The number of carboxylic acid groups (broad SMARTS) is 2. The lowest BCUT2D eigenvalue weighted by Gasteiger charge is -2.51. The van der Waals surface area contributed by atoms with E-state index in [0.717, 1.165) is 6.08 Å². The Balaban J connectivity index is 2.84. The highest BCUT2D eigenvalue weighted by atomic mass is 16.5. The molecule has 1 aliphatic carbocycles. The van der Waals surface area contributed by atoms with E-state index < -0.39 is 65.5 Å². The number of carbonyl (C=O) groups excluding carboxylic acids is 1. The Morgan fingerprint density at radius 3 is 2.29 bits per heavy atom. The van der Waals surface area contributed by atoms with Crippen LogP contribution in [0.5, 0.6) is 0 Å². The summed E-state index contributed by atoms with van der Waals surface area (Å²) in [6, 6.07) is 0. The van der Waals surface area contributed by atoms with Gasteiger partial charge >= 0.3 is 17.9 Å². The molecule has 0 bridgehead atoms. The Morgan fingerprint density at radius 2 is 1.82 bits per heavy atom. The molecular formula is C19H30O9. The van der Waals surface area contributed by atoms with Crippen LogP contribution in [0.3, 0.4) is 0 Å². The van der Waals surface area contributed by atoms with E-state index in [2.05, 4.69) is 0 Å². The molecule has 0 spiro atoms. The van der Waals surface area contributed by atoms with E-state index in [1.807, 2.05) is 0 Å². The van der Waals surface area contributed by atoms with Gasteiger partial charge in [-0.25, -0.2) is 4.79 Å². The van der Waals surface area contributed by atoms with Crippen LogP contribution in [-0.4, -0.2) is 66.9 Å². The first-order valence-electron chi connectivity index (χ1n) is 9.06. The fourth-order valence-corrected chi connectivity index (χ4v) is 3.78. The number of carbonyl (C=O) groups is 3. The van der Waals surface area contributed by atoms with Crippen molar-refractivity contribution in [3.63, 3.8) is 0 Å². The molecule has 0 saturated heterocycles. The maximum absolute atomic E-state index is 12.1. The van der Waals surface area contributed by atoms with E-state index in [-0.39, 0.29) is 12.8 Å². The minimum atomic E-state index is -1.74. The summed E-state index contributed by atoms with van der Waals surface area (Å²) in [6.07, 6.45) is -0.517. The number of aliphatic carboxylic acids is 2. The zero-order valence-corrected chi connectivity index (χ0v) is 16.6. The standard InChI is InChI=1S/C19H30O9/c1-11-7-12(28-15(23)10-18(4,26)9-14(21)22)8-17(2,3)19(11,27)6-5-13(20)16(24)25/h5-6,11-13,20,26-27H,7-10H2,1-4H3,(H,21,22)(H,24,25)/b6-5+/t11-,12+,13+,18-,19+/m1/s1. The van der Waals surface area contributed by atoms with Crippen molar-refractivity contribution in [2.24, 2.45) is 11.3 Å². The van der Waals surface area contributed by atoms with Gasteiger partial charge in [-0.15, -0.1) is 0 Å². The molecule has 0 aromatic heterocycles. The molecule has 1 saturated carbocycles. The molecule has 28 heavy (non-hydrogen) atoms. The number of aliphatic hydroxyl groups is 3. The van der Waals surface area contributed by atoms with E-state index in [1.54, 1.807) is 20.8 Å². The van der Waals surface area contributed by atoms with Gasteiger partial charge in [0, 0.05) is 5.41 Å². The molecule has 0 heterocycles. The first-order valence-corrected chi connectivity index (χ1v) is 9.06. The van der Waals surface area contributed by atoms with Crippen molar-refractivity contribution in [2.45, 2.75) is 76.8 Å². The lowest BCUT2D eigenvalue weighted by atomic mass is 9.59. The molecule has 9 nitrogen and oxygen atoms in total. The minimum Gasteiger partial charge on any atom is -0.481 e. The number of esters is 1. The van der Waals surface area contributed by atoms with Crippen LogP contribution in [0.15, 0.2) is 12.2 Å². The molecular weight excluding hydrogens is 372 g/mol. The summed E-state index contributed by atoms with van der Waals surface area (Å²) in [5, 5.41) is 48.1. The molecule has 1 fully saturated rings. The molecule has 1 rings (SSSR count). The molecule has 0 amide bonds. The van der Waals surface area contributed by atoms with Crippen LogP contribution in [0.25, 0.3) is 0 Å². The van der Waals surface area contributed by atoms with Crippen molar-refractivity contribution in [3.8, 4) is 0 Å². The highest BCUT2D eigenvalue weighted by molar-refractivity contribution is 5.74. The summed E-state index contributed by atoms with van der Waals surface area (Å²) in [5.74, 6) is -3.82. The van der Waals surface area contributed by atoms with Crippen LogP contribution in [0.4, 0.5) is 0 Å². The number of hydrogen-bond donors (Lipinski definition) is 5. The Bertz CT molecular complexity index is 637. The van der Waals surface area contributed by atoms with E-state index in [9.17, 15) is 29.7 Å². The second-order valence-corrected chi connectivity index (χ2v) is 8.55. The van der Waals surface area contributed by atoms with Crippen LogP contribution < -0.4 is 0 Å². The van der Waals surface area contributed by atoms with Gasteiger partial charge in [-0.3, -0.25) is 9.59 Å². The maximum Gasteiger partial charge on any atom is 0.336 e. The second-order valence-electron chi connectivity index (χ2n) is 8.55. The van der Waals surface area contributed by atoms with Crippen molar-refractivity contribution in [1.29, 1.82) is 0 Å². The number of ether oxygens (including phenoxy) is 1. The largest absolute Gasteiger partial charge is 0.481 e. The predicted octanol–water partition coefficient (Wildman–Crippen LogP) is 0.703. The molecule has 1 aliphatic rings. The number of carboxylic acids is 2. The summed E-state index contributed by atoms with van der Waals surface area (Å²) in [6.45, 7) is 6.44. The Labute approximate surface area is 163 Å². The first kappa shape index (κ1) is 24.1.